The van der Waals surface area contributed by atoms with Crippen molar-refractivity contribution >= 4 is 5.91 Å². The monoisotopic (exact) mass is 345 g/mol. The van der Waals surface area contributed by atoms with Crippen LogP contribution in [0.3, 0.4) is 0 Å². The lowest BCUT2D eigenvalue weighted by Crippen LogP contribution is -2.34. The summed E-state index contributed by atoms with van der Waals surface area (Å²) in [5.41, 5.74) is 2.41. The van der Waals surface area contributed by atoms with E-state index >= 15 is 0 Å². The molecule has 2 aliphatic rings. The zero-order valence-corrected chi connectivity index (χ0v) is 14.6. The lowest BCUT2D eigenvalue weighted by atomic mass is 10.1. The van der Waals surface area contributed by atoms with Gasteiger partial charge < -0.3 is 18.6 Å². The summed E-state index contributed by atoms with van der Waals surface area (Å²) in [6, 6.07) is 1.99. The van der Waals surface area contributed by atoms with Crippen LogP contribution in [0.4, 0.5) is 0 Å². The van der Waals surface area contributed by atoms with Crippen molar-refractivity contribution in [2.45, 2.75) is 26.5 Å². The topological polar surface area (TPSA) is 72.0 Å². The van der Waals surface area contributed by atoms with E-state index in [1.54, 1.807) is 26.4 Å². The van der Waals surface area contributed by atoms with Crippen molar-refractivity contribution in [2.75, 3.05) is 32.8 Å². The van der Waals surface area contributed by atoms with Crippen molar-refractivity contribution in [3.8, 4) is 0 Å². The maximum absolute atomic E-state index is 12.9. The number of fused-ring (bicyclic) bond motifs is 1. The Balaban J connectivity index is 1.44. The van der Waals surface area contributed by atoms with Gasteiger partial charge in [0.25, 0.3) is 5.91 Å². The average molecular weight is 345 g/mol. The second-order valence-corrected chi connectivity index (χ2v) is 6.95. The standard InChI is InChI=1S/C18H23N3O4/c1-12-17(13(2)25-19-12)18(22)21-9-15-8-20(4-6-24-16(15)10-21)7-14-3-5-23-11-14/h3,5,11,15-16H,4,6-10H2,1-2H3/t15-,16+/m1/s1. The molecule has 4 rings (SSSR count). The third-order valence-corrected chi connectivity index (χ3v) is 5.13. The smallest absolute Gasteiger partial charge is 0.259 e. The van der Waals surface area contributed by atoms with Gasteiger partial charge in [0.15, 0.2) is 0 Å². The van der Waals surface area contributed by atoms with Gasteiger partial charge >= 0.3 is 0 Å². The number of aromatic nitrogens is 1. The van der Waals surface area contributed by atoms with E-state index in [9.17, 15) is 4.79 Å². The van der Waals surface area contributed by atoms with E-state index in [4.69, 9.17) is 13.7 Å². The van der Waals surface area contributed by atoms with Crippen molar-refractivity contribution < 1.29 is 18.5 Å². The predicted molar refractivity (Wildman–Crippen MR) is 89.1 cm³/mol. The highest BCUT2D eigenvalue weighted by Crippen LogP contribution is 2.27. The van der Waals surface area contributed by atoms with Gasteiger partial charge in [0.2, 0.25) is 0 Å². The van der Waals surface area contributed by atoms with E-state index in [0.29, 0.717) is 42.6 Å². The minimum Gasteiger partial charge on any atom is -0.472 e. The summed E-state index contributed by atoms with van der Waals surface area (Å²) < 4.78 is 16.3. The van der Waals surface area contributed by atoms with Crippen LogP contribution < -0.4 is 0 Å². The van der Waals surface area contributed by atoms with Crippen molar-refractivity contribution in [3.63, 3.8) is 0 Å². The molecule has 2 aromatic heterocycles. The Morgan fingerprint density at radius 2 is 2.20 bits per heavy atom. The van der Waals surface area contributed by atoms with Gasteiger partial charge in [-0.1, -0.05) is 5.16 Å². The molecular formula is C18H23N3O4. The molecule has 25 heavy (non-hydrogen) atoms. The van der Waals surface area contributed by atoms with Gasteiger partial charge in [-0.05, 0) is 19.9 Å². The van der Waals surface area contributed by atoms with Crippen LogP contribution in [0.15, 0.2) is 27.5 Å². The Hall–Kier alpha value is -2.12. The Kier molecular flexibility index (Phi) is 4.35. The lowest BCUT2D eigenvalue weighted by molar-refractivity contribution is 0.0483. The molecule has 0 spiro atoms. The number of aryl methyl sites for hydroxylation is 2. The SMILES string of the molecule is Cc1noc(C)c1C(=O)N1C[C@H]2CN(Cc3ccoc3)CCO[C@H]2C1. The van der Waals surface area contributed by atoms with Crippen LogP contribution >= 0.6 is 0 Å². The Morgan fingerprint density at radius 3 is 2.92 bits per heavy atom. The number of likely N-dealkylation sites (tertiary alicyclic amines) is 1. The van der Waals surface area contributed by atoms with E-state index in [1.807, 2.05) is 11.0 Å². The number of carbonyl (C=O) groups is 1. The number of hydrogen-bond acceptors (Lipinski definition) is 6. The van der Waals surface area contributed by atoms with Gasteiger partial charge in [0.05, 0.1) is 30.9 Å². The molecule has 4 heterocycles. The molecule has 0 radical (unpaired) electrons. The Bertz CT molecular complexity index is 720. The number of furan rings is 1. The molecule has 0 bridgehead atoms. The molecule has 0 aromatic carbocycles. The third-order valence-electron chi connectivity index (χ3n) is 5.13. The van der Waals surface area contributed by atoms with E-state index in [2.05, 4.69) is 10.1 Å². The first-order valence-corrected chi connectivity index (χ1v) is 8.69. The molecule has 1 amide bonds. The molecule has 0 N–H and O–H groups in total. The summed E-state index contributed by atoms with van der Waals surface area (Å²) in [5.74, 6) is 0.894. The van der Waals surface area contributed by atoms with Crippen LogP contribution in [0.5, 0.6) is 0 Å². The molecule has 2 aromatic rings. The zero-order valence-electron chi connectivity index (χ0n) is 14.6. The van der Waals surface area contributed by atoms with Crippen LogP contribution in [0, 0.1) is 19.8 Å². The van der Waals surface area contributed by atoms with Crippen LogP contribution in [0.25, 0.3) is 0 Å². The quantitative estimate of drug-likeness (QED) is 0.845. The molecule has 0 unspecified atom stereocenters. The number of amides is 1. The van der Waals surface area contributed by atoms with Gasteiger partial charge in [0.1, 0.15) is 11.3 Å². The fraction of sp³-hybridized carbons (Fsp3) is 0.556. The van der Waals surface area contributed by atoms with Gasteiger partial charge in [0, 0.05) is 44.2 Å². The average Bonchev–Trinajstić information content (AvgIpc) is 3.27. The van der Waals surface area contributed by atoms with Gasteiger partial charge in [-0.15, -0.1) is 0 Å². The minimum absolute atomic E-state index is 0.00527. The summed E-state index contributed by atoms with van der Waals surface area (Å²) >= 11 is 0. The molecule has 2 atom stereocenters. The largest absolute Gasteiger partial charge is 0.472 e. The molecule has 2 saturated heterocycles. The zero-order chi connectivity index (χ0) is 17.4. The van der Waals surface area contributed by atoms with E-state index in [1.165, 1.54) is 5.56 Å². The van der Waals surface area contributed by atoms with Gasteiger partial charge in [-0.3, -0.25) is 9.69 Å². The first-order valence-electron chi connectivity index (χ1n) is 8.69. The summed E-state index contributed by atoms with van der Waals surface area (Å²) in [7, 11) is 0. The number of carbonyl (C=O) groups excluding carboxylic acids is 1. The number of rotatable bonds is 3. The molecule has 0 aliphatic carbocycles. The molecule has 0 saturated carbocycles. The minimum atomic E-state index is -0.00527. The molecular weight excluding hydrogens is 322 g/mol. The van der Waals surface area contributed by atoms with E-state index < -0.39 is 0 Å². The highest BCUT2D eigenvalue weighted by atomic mass is 16.5. The van der Waals surface area contributed by atoms with Crippen LogP contribution in [0.2, 0.25) is 0 Å². The summed E-state index contributed by atoms with van der Waals surface area (Å²) in [6.45, 7) is 8.28. The number of hydrogen-bond donors (Lipinski definition) is 0. The molecule has 2 aliphatic heterocycles. The predicted octanol–water partition coefficient (Wildman–Crippen LogP) is 1.86. The van der Waals surface area contributed by atoms with Crippen molar-refractivity contribution in [1.82, 2.24) is 15.0 Å². The maximum Gasteiger partial charge on any atom is 0.259 e. The lowest BCUT2D eigenvalue weighted by Gasteiger charge is -2.22. The maximum atomic E-state index is 12.9. The Labute approximate surface area is 146 Å². The van der Waals surface area contributed by atoms with Crippen LogP contribution in [-0.4, -0.2) is 59.8 Å². The molecule has 7 heteroatoms. The van der Waals surface area contributed by atoms with E-state index in [0.717, 1.165) is 19.6 Å². The normalized spacial score (nSPS) is 24.3. The molecule has 2 fully saturated rings. The summed E-state index contributed by atoms with van der Waals surface area (Å²) in [4.78, 5) is 17.1. The number of ether oxygens (including phenoxy) is 1. The van der Waals surface area contributed by atoms with Crippen molar-refractivity contribution in [2.24, 2.45) is 5.92 Å². The van der Waals surface area contributed by atoms with E-state index in [-0.39, 0.29) is 12.0 Å². The molecule has 134 valence electrons. The summed E-state index contributed by atoms with van der Waals surface area (Å²) in [6.07, 6.45) is 3.58. The highest BCUT2D eigenvalue weighted by Gasteiger charge is 2.39. The number of nitrogens with zero attached hydrogens (tertiary/aromatic N) is 3. The van der Waals surface area contributed by atoms with Gasteiger partial charge in [-0.2, -0.15) is 0 Å². The third kappa shape index (κ3) is 3.21. The fourth-order valence-corrected chi connectivity index (χ4v) is 3.86. The highest BCUT2D eigenvalue weighted by molar-refractivity contribution is 5.96. The second-order valence-electron chi connectivity index (χ2n) is 6.95. The fourth-order valence-electron chi connectivity index (χ4n) is 3.86. The van der Waals surface area contributed by atoms with Crippen molar-refractivity contribution in [1.29, 1.82) is 0 Å². The Morgan fingerprint density at radius 1 is 1.32 bits per heavy atom. The molecule has 7 nitrogen and oxygen atoms in total. The second kappa shape index (κ2) is 6.65. The first kappa shape index (κ1) is 16.4. The van der Waals surface area contributed by atoms with Crippen molar-refractivity contribution in [3.05, 3.63) is 41.2 Å². The van der Waals surface area contributed by atoms with Gasteiger partial charge in [-0.25, -0.2) is 0 Å². The van der Waals surface area contributed by atoms with Crippen LogP contribution in [0.1, 0.15) is 27.4 Å². The van der Waals surface area contributed by atoms with Crippen LogP contribution in [-0.2, 0) is 11.3 Å². The first-order chi connectivity index (χ1) is 12.1. The summed E-state index contributed by atoms with van der Waals surface area (Å²) in [5, 5.41) is 3.90.